The van der Waals surface area contributed by atoms with Crippen molar-refractivity contribution in [3.8, 4) is 0 Å². The van der Waals surface area contributed by atoms with Gasteiger partial charge >= 0.3 is 5.97 Å². The van der Waals surface area contributed by atoms with E-state index in [4.69, 9.17) is 17.0 Å². The fourth-order valence-corrected chi connectivity index (χ4v) is 4.63. The van der Waals surface area contributed by atoms with E-state index >= 15 is 0 Å². The molecule has 27 heavy (non-hydrogen) atoms. The van der Waals surface area contributed by atoms with Crippen molar-refractivity contribution < 1.29 is 19.1 Å². The zero-order valence-electron chi connectivity index (χ0n) is 15.4. The van der Waals surface area contributed by atoms with Crippen LogP contribution in [0.5, 0.6) is 0 Å². The predicted molar refractivity (Wildman–Crippen MR) is 111 cm³/mol. The lowest BCUT2D eigenvalue weighted by molar-refractivity contribution is -0.143. The third-order valence-electron chi connectivity index (χ3n) is 3.66. The fourth-order valence-electron chi connectivity index (χ4n) is 2.35. The van der Waals surface area contributed by atoms with Gasteiger partial charge in [-0.2, -0.15) is 0 Å². The summed E-state index contributed by atoms with van der Waals surface area (Å²) in [5, 5.41) is 0. The van der Waals surface area contributed by atoms with Crippen molar-refractivity contribution in [3.05, 3.63) is 30.2 Å². The minimum atomic E-state index is -0.560. The van der Waals surface area contributed by atoms with E-state index in [0.29, 0.717) is 28.1 Å². The van der Waals surface area contributed by atoms with E-state index in [1.165, 1.54) is 23.3 Å². The highest BCUT2D eigenvalue weighted by molar-refractivity contribution is 8.26. The molecule has 1 aromatic heterocycles. The number of hydrogen-bond acceptors (Lipinski definition) is 8. The second-order valence-corrected chi connectivity index (χ2v) is 7.96. The molecule has 146 valence electrons. The molecule has 0 aromatic carbocycles. The lowest BCUT2D eigenvalue weighted by Gasteiger charge is -2.12. The van der Waals surface area contributed by atoms with Crippen LogP contribution in [0.3, 0.4) is 0 Å². The largest absolute Gasteiger partial charge is 0.492 e. The van der Waals surface area contributed by atoms with Gasteiger partial charge in [0.05, 0.1) is 18.2 Å². The van der Waals surface area contributed by atoms with Crippen LogP contribution in [0.1, 0.15) is 20.8 Å². The van der Waals surface area contributed by atoms with Crippen LogP contribution in [0.25, 0.3) is 12.2 Å². The molecule has 1 saturated heterocycles. The summed E-state index contributed by atoms with van der Waals surface area (Å²) in [7, 11) is 1.25. The zero-order valence-corrected chi connectivity index (χ0v) is 17.9. The van der Waals surface area contributed by atoms with Crippen molar-refractivity contribution in [3.63, 3.8) is 0 Å². The third-order valence-corrected chi connectivity index (χ3v) is 6.28. The SMILES string of the molecule is C/C=c1/sc(=C/C(OCC)=C2/SC(=S)N(CC(=O)OC)C2=O)n(CC)c1=O. The van der Waals surface area contributed by atoms with Crippen molar-refractivity contribution in [2.24, 2.45) is 0 Å². The van der Waals surface area contributed by atoms with Crippen molar-refractivity contribution >= 4 is 63.7 Å². The van der Waals surface area contributed by atoms with Gasteiger partial charge in [0.15, 0.2) is 0 Å². The van der Waals surface area contributed by atoms with Gasteiger partial charge in [-0.1, -0.05) is 30.1 Å². The summed E-state index contributed by atoms with van der Waals surface area (Å²) in [6.07, 6.45) is 3.43. The first-order chi connectivity index (χ1) is 12.9. The summed E-state index contributed by atoms with van der Waals surface area (Å²) in [6, 6.07) is 0. The maximum atomic E-state index is 12.7. The Morgan fingerprint density at radius 3 is 2.56 bits per heavy atom. The number of methoxy groups -OCH3 is 1. The van der Waals surface area contributed by atoms with Gasteiger partial charge in [-0.25, -0.2) is 0 Å². The Hall–Kier alpha value is -1.91. The molecule has 2 rings (SSSR count). The van der Waals surface area contributed by atoms with Crippen LogP contribution >= 0.6 is 35.3 Å². The van der Waals surface area contributed by atoms with Gasteiger partial charge in [0, 0.05) is 12.6 Å². The Labute approximate surface area is 169 Å². The number of thiazole rings is 1. The zero-order chi connectivity index (χ0) is 20.1. The number of hydrogen-bond donors (Lipinski definition) is 0. The molecule has 1 amide bonds. The molecule has 7 nitrogen and oxygen atoms in total. The van der Waals surface area contributed by atoms with Crippen LogP contribution in [0, 0.1) is 0 Å². The first-order valence-corrected chi connectivity index (χ1v) is 10.3. The van der Waals surface area contributed by atoms with E-state index in [1.54, 1.807) is 30.6 Å². The molecule has 1 fully saturated rings. The molecular formula is C17H20N2O5S3. The third kappa shape index (κ3) is 4.50. The van der Waals surface area contributed by atoms with Gasteiger partial charge in [0.2, 0.25) is 0 Å². The Balaban J connectivity index is 2.58. The molecule has 0 unspecified atom stereocenters. The molecule has 0 saturated carbocycles. The van der Waals surface area contributed by atoms with E-state index in [2.05, 4.69) is 4.74 Å². The molecule has 0 bridgehead atoms. The van der Waals surface area contributed by atoms with Crippen LogP contribution < -0.4 is 14.8 Å². The number of carbonyl (C=O) groups is 2. The van der Waals surface area contributed by atoms with Crippen LogP contribution in [0.4, 0.5) is 0 Å². The molecule has 1 aromatic rings. The molecule has 1 aliphatic heterocycles. The minimum Gasteiger partial charge on any atom is -0.492 e. The number of thiocarbonyl (C=S) groups is 1. The summed E-state index contributed by atoms with van der Waals surface area (Å²) >= 11 is 7.61. The maximum Gasteiger partial charge on any atom is 0.325 e. The lowest BCUT2D eigenvalue weighted by Crippen LogP contribution is -2.34. The van der Waals surface area contributed by atoms with Gasteiger partial charge in [-0.3, -0.25) is 23.9 Å². The topological polar surface area (TPSA) is 77.8 Å². The van der Waals surface area contributed by atoms with Gasteiger partial charge < -0.3 is 9.47 Å². The number of amides is 1. The second kappa shape index (κ2) is 9.34. The molecule has 0 atom stereocenters. The average molecular weight is 429 g/mol. The maximum absolute atomic E-state index is 12.7. The normalized spacial score (nSPS) is 17.7. The fraction of sp³-hybridized carbons (Fsp3) is 0.412. The number of thioether (sulfide) groups is 1. The van der Waals surface area contributed by atoms with Crippen molar-refractivity contribution in [1.82, 2.24) is 9.47 Å². The molecule has 0 N–H and O–H groups in total. The molecular weight excluding hydrogens is 408 g/mol. The van der Waals surface area contributed by atoms with E-state index in [0.717, 1.165) is 11.8 Å². The van der Waals surface area contributed by atoms with Crippen molar-refractivity contribution in [2.75, 3.05) is 20.3 Å². The van der Waals surface area contributed by atoms with Gasteiger partial charge in [-0.15, -0.1) is 11.3 Å². The Morgan fingerprint density at radius 1 is 1.30 bits per heavy atom. The Morgan fingerprint density at radius 2 is 2.00 bits per heavy atom. The Bertz CT molecular complexity index is 974. The smallest absolute Gasteiger partial charge is 0.325 e. The number of esters is 1. The average Bonchev–Trinajstić information content (AvgIpc) is 3.11. The summed E-state index contributed by atoms with van der Waals surface area (Å²) < 4.78 is 13.5. The van der Waals surface area contributed by atoms with Crippen LogP contribution in [0.15, 0.2) is 15.5 Å². The molecule has 10 heteroatoms. The van der Waals surface area contributed by atoms with E-state index in [1.807, 2.05) is 6.92 Å². The number of aromatic nitrogens is 1. The van der Waals surface area contributed by atoms with E-state index in [-0.39, 0.29) is 21.3 Å². The van der Waals surface area contributed by atoms with Gasteiger partial charge in [0.25, 0.3) is 11.5 Å². The van der Waals surface area contributed by atoms with Crippen LogP contribution in [0.2, 0.25) is 0 Å². The number of rotatable bonds is 6. The van der Waals surface area contributed by atoms with Gasteiger partial charge in [0.1, 0.15) is 26.2 Å². The number of ether oxygens (including phenoxy) is 2. The summed E-state index contributed by atoms with van der Waals surface area (Å²) in [6.45, 7) is 6.06. The standard InChI is InChI=1S/C17H20N2O5S3/c1-5-11-15(21)18(6-2)12(26-11)8-10(24-7-3)14-16(22)19(17(25)27-14)9-13(20)23-4/h5,8H,6-7,9H2,1-4H3/b11-5+,12-8?,14-10-. The highest BCUT2D eigenvalue weighted by Crippen LogP contribution is 2.34. The van der Waals surface area contributed by atoms with E-state index < -0.39 is 11.9 Å². The van der Waals surface area contributed by atoms with Crippen LogP contribution in [-0.2, 0) is 25.6 Å². The molecule has 2 heterocycles. The first kappa shape index (κ1) is 21.4. The van der Waals surface area contributed by atoms with Crippen LogP contribution in [-0.4, -0.2) is 45.9 Å². The lowest BCUT2D eigenvalue weighted by atomic mass is 10.3. The predicted octanol–water partition coefficient (Wildman–Crippen LogP) is 0.792. The number of nitrogens with zero attached hydrogens (tertiary/aromatic N) is 2. The highest BCUT2D eigenvalue weighted by Gasteiger charge is 2.36. The van der Waals surface area contributed by atoms with Gasteiger partial charge in [-0.05, 0) is 20.8 Å². The number of allylic oxidation sites excluding steroid dienone is 1. The molecule has 0 aliphatic carbocycles. The Kier molecular flexibility index (Phi) is 7.40. The van der Waals surface area contributed by atoms with Crippen molar-refractivity contribution in [2.45, 2.75) is 27.3 Å². The summed E-state index contributed by atoms with van der Waals surface area (Å²) in [5.41, 5.74) is -0.0784. The molecule has 0 spiro atoms. The number of carbonyl (C=O) groups excluding carboxylic acids is 2. The highest BCUT2D eigenvalue weighted by atomic mass is 32.2. The molecule has 0 radical (unpaired) electrons. The molecule has 1 aliphatic rings. The van der Waals surface area contributed by atoms with E-state index in [9.17, 15) is 14.4 Å². The summed E-state index contributed by atoms with van der Waals surface area (Å²) in [5.74, 6) is -0.650. The minimum absolute atomic E-state index is 0.0784. The summed E-state index contributed by atoms with van der Waals surface area (Å²) in [4.78, 5) is 38.1. The van der Waals surface area contributed by atoms with Crippen molar-refractivity contribution in [1.29, 1.82) is 0 Å². The monoisotopic (exact) mass is 428 g/mol. The first-order valence-electron chi connectivity index (χ1n) is 8.23. The second-order valence-electron chi connectivity index (χ2n) is 5.25. The quantitative estimate of drug-likeness (QED) is 0.287.